The minimum absolute atomic E-state index is 0.189. The van der Waals surface area contributed by atoms with Crippen LogP contribution in [0.4, 0.5) is 0 Å². The van der Waals surface area contributed by atoms with Crippen molar-refractivity contribution in [2.45, 2.75) is 50.9 Å². The van der Waals surface area contributed by atoms with Crippen LogP contribution in [0.2, 0.25) is 0 Å². The van der Waals surface area contributed by atoms with Gasteiger partial charge in [0.2, 0.25) is 0 Å². The Kier molecular flexibility index (Phi) is 5.00. The highest BCUT2D eigenvalue weighted by atomic mass is 16.5. The standard InChI is InChI=1S/C22H27N3O3/c1-22(2)20(26)19(23-13-12-14-6-4-3-5-7-14)15-8-9-16-17(25-21(27)24-16)10-11-18(15)28-22/h3-8,11,19-20,23,26H,9-10,12-13H2,1-2H3,(H2,24,25,27). The molecule has 2 atom stereocenters. The van der Waals surface area contributed by atoms with Crippen molar-refractivity contribution in [2.24, 2.45) is 0 Å². The Hall–Kier alpha value is -2.57. The first-order valence-corrected chi connectivity index (χ1v) is 9.79. The Morgan fingerprint density at radius 2 is 1.82 bits per heavy atom. The van der Waals surface area contributed by atoms with E-state index < -0.39 is 11.7 Å². The Morgan fingerprint density at radius 1 is 1.14 bits per heavy atom. The maximum atomic E-state index is 11.7. The van der Waals surface area contributed by atoms with Crippen molar-refractivity contribution in [3.63, 3.8) is 0 Å². The molecule has 4 rings (SSSR count). The van der Waals surface area contributed by atoms with Gasteiger partial charge in [-0.05, 0) is 38.5 Å². The summed E-state index contributed by atoms with van der Waals surface area (Å²) in [6.45, 7) is 4.56. The zero-order chi connectivity index (χ0) is 19.7. The second kappa shape index (κ2) is 7.45. The van der Waals surface area contributed by atoms with Crippen LogP contribution in [0, 0.1) is 0 Å². The molecule has 1 fully saturated rings. The van der Waals surface area contributed by atoms with Gasteiger partial charge in [-0.3, -0.25) is 0 Å². The fourth-order valence-corrected chi connectivity index (χ4v) is 3.96. The van der Waals surface area contributed by atoms with Crippen LogP contribution in [0.5, 0.6) is 0 Å². The third-order valence-electron chi connectivity index (χ3n) is 5.55. The summed E-state index contributed by atoms with van der Waals surface area (Å²) < 4.78 is 6.14. The molecule has 0 amide bonds. The smallest absolute Gasteiger partial charge is 0.323 e. The predicted octanol–water partition coefficient (Wildman–Crippen LogP) is 1.98. The lowest BCUT2D eigenvalue weighted by molar-refractivity contribution is -0.0966. The van der Waals surface area contributed by atoms with E-state index in [2.05, 4.69) is 27.4 Å². The molecule has 6 heteroatoms. The van der Waals surface area contributed by atoms with Crippen LogP contribution in [-0.2, 0) is 24.0 Å². The molecule has 4 N–H and O–H groups in total. The van der Waals surface area contributed by atoms with Gasteiger partial charge in [0.15, 0.2) is 0 Å². The number of aromatic nitrogens is 2. The van der Waals surface area contributed by atoms with Crippen LogP contribution in [0.1, 0.15) is 30.8 Å². The highest BCUT2D eigenvalue weighted by Crippen LogP contribution is 2.36. The lowest BCUT2D eigenvalue weighted by atomic mass is 9.84. The molecular formula is C22H27N3O3. The van der Waals surface area contributed by atoms with Gasteiger partial charge < -0.3 is 25.1 Å². The molecule has 1 aromatic heterocycles. The van der Waals surface area contributed by atoms with E-state index in [4.69, 9.17) is 4.74 Å². The highest BCUT2D eigenvalue weighted by molar-refractivity contribution is 5.40. The molecule has 2 heterocycles. The number of fused-ring (bicyclic) bond motifs is 2. The summed E-state index contributed by atoms with van der Waals surface area (Å²) in [4.78, 5) is 17.4. The zero-order valence-corrected chi connectivity index (χ0v) is 16.3. The van der Waals surface area contributed by atoms with Crippen molar-refractivity contribution < 1.29 is 9.84 Å². The molecule has 0 saturated carbocycles. The van der Waals surface area contributed by atoms with Crippen LogP contribution in [0.25, 0.3) is 0 Å². The van der Waals surface area contributed by atoms with Gasteiger partial charge in [0.05, 0.1) is 6.04 Å². The first-order valence-electron chi connectivity index (χ1n) is 9.79. The summed E-state index contributed by atoms with van der Waals surface area (Å²) in [6, 6.07) is 10.1. The van der Waals surface area contributed by atoms with Crippen molar-refractivity contribution in [3.05, 3.63) is 81.3 Å². The molecule has 2 aliphatic rings. The molecule has 1 aliphatic carbocycles. The van der Waals surface area contributed by atoms with Crippen LogP contribution in [-0.4, -0.2) is 39.4 Å². The van der Waals surface area contributed by atoms with Gasteiger partial charge in [0.25, 0.3) is 0 Å². The van der Waals surface area contributed by atoms with E-state index in [0.29, 0.717) is 12.8 Å². The van der Waals surface area contributed by atoms with Crippen LogP contribution < -0.4 is 11.0 Å². The van der Waals surface area contributed by atoms with Crippen molar-refractivity contribution in [1.82, 2.24) is 15.3 Å². The SMILES string of the molecule is CC1(C)OC2=CCc3[nH]c(=O)[nH]c3CC=C2C(NCCc2ccccc2)C1O. The zero-order valence-electron chi connectivity index (χ0n) is 16.3. The van der Waals surface area contributed by atoms with Crippen molar-refractivity contribution in [1.29, 1.82) is 0 Å². The topological polar surface area (TPSA) is 90.1 Å². The molecule has 148 valence electrons. The van der Waals surface area contributed by atoms with Gasteiger partial charge in [-0.1, -0.05) is 36.4 Å². The maximum Gasteiger partial charge on any atom is 0.323 e. The van der Waals surface area contributed by atoms with Crippen LogP contribution in [0.3, 0.4) is 0 Å². The first-order chi connectivity index (χ1) is 13.4. The van der Waals surface area contributed by atoms with Crippen LogP contribution >= 0.6 is 0 Å². The Labute approximate surface area is 164 Å². The van der Waals surface area contributed by atoms with Crippen LogP contribution in [0.15, 0.2) is 58.6 Å². The molecule has 1 aliphatic heterocycles. The number of rotatable bonds is 4. The van der Waals surface area contributed by atoms with Crippen molar-refractivity contribution in [3.8, 4) is 0 Å². The number of hydrogen-bond acceptors (Lipinski definition) is 4. The quantitative estimate of drug-likeness (QED) is 0.652. The van der Waals surface area contributed by atoms with E-state index in [1.807, 2.05) is 44.2 Å². The maximum absolute atomic E-state index is 11.7. The Balaban J connectivity index is 1.58. The summed E-state index contributed by atoms with van der Waals surface area (Å²) in [5.41, 5.74) is 3.08. The van der Waals surface area contributed by atoms with E-state index >= 15 is 0 Å². The minimum Gasteiger partial charge on any atom is -0.485 e. The monoisotopic (exact) mass is 381 g/mol. The number of allylic oxidation sites excluding steroid dienone is 2. The summed E-state index contributed by atoms with van der Waals surface area (Å²) in [6.07, 6.45) is 5.42. The molecule has 2 unspecified atom stereocenters. The summed E-state index contributed by atoms with van der Waals surface area (Å²) in [5, 5.41) is 14.5. The lowest BCUT2D eigenvalue weighted by Gasteiger charge is -2.44. The average molecular weight is 381 g/mol. The number of aliphatic hydroxyl groups excluding tert-OH is 1. The van der Waals surface area contributed by atoms with E-state index in [1.165, 1.54) is 5.56 Å². The predicted molar refractivity (Wildman–Crippen MR) is 108 cm³/mol. The average Bonchev–Trinajstić information content (AvgIpc) is 3.01. The van der Waals surface area contributed by atoms with E-state index in [-0.39, 0.29) is 11.7 Å². The third-order valence-corrected chi connectivity index (χ3v) is 5.55. The number of H-pyrrole nitrogens is 2. The van der Waals surface area contributed by atoms with Gasteiger partial charge >= 0.3 is 5.69 Å². The minimum atomic E-state index is -0.707. The molecule has 1 saturated heterocycles. The highest BCUT2D eigenvalue weighted by Gasteiger charge is 2.44. The van der Waals surface area contributed by atoms with E-state index in [0.717, 1.165) is 35.7 Å². The Morgan fingerprint density at radius 3 is 2.54 bits per heavy atom. The Bertz CT molecular complexity index is 953. The number of aliphatic hydroxyl groups is 1. The summed E-state index contributed by atoms with van der Waals surface area (Å²) >= 11 is 0. The number of ether oxygens (including phenoxy) is 1. The summed E-state index contributed by atoms with van der Waals surface area (Å²) in [7, 11) is 0. The normalized spacial score (nSPS) is 23.4. The molecule has 2 aromatic rings. The number of imidazole rings is 1. The number of hydrogen-bond donors (Lipinski definition) is 4. The largest absolute Gasteiger partial charge is 0.485 e. The van der Waals surface area contributed by atoms with E-state index in [1.54, 1.807) is 0 Å². The molecule has 28 heavy (non-hydrogen) atoms. The number of nitrogens with one attached hydrogen (secondary N) is 3. The summed E-state index contributed by atoms with van der Waals surface area (Å²) in [5.74, 6) is 0.778. The lowest BCUT2D eigenvalue weighted by Crippen LogP contribution is -2.57. The van der Waals surface area contributed by atoms with Gasteiger partial charge in [0.1, 0.15) is 17.5 Å². The molecule has 6 nitrogen and oxygen atoms in total. The molecule has 1 aromatic carbocycles. The van der Waals surface area contributed by atoms with E-state index in [9.17, 15) is 9.90 Å². The molecule has 0 radical (unpaired) electrons. The van der Waals surface area contributed by atoms with Gasteiger partial charge in [0, 0.05) is 29.8 Å². The number of aromatic amines is 2. The molecule has 0 spiro atoms. The second-order valence-corrected chi connectivity index (χ2v) is 7.99. The third kappa shape index (κ3) is 3.70. The fraction of sp³-hybridized carbons (Fsp3) is 0.409. The molecule has 0 bridgehead atoms. The molecular weight excluding hydrogens is 354 g/mol. The second-order valence-electron chi connectivity index (χ2n) is 7.99. The number of benzene rings is 1. The fourth-order valence-electron chi connectivity index (χ4n) is 3.96. The van der Waals surface area contributed by atoms with Gasteiger partial charge in [-0.25, -0.2) is 4.79 Å². The van der Waals surface area contributed by atoms with Crippen molar-refractivity contribution >= 4 is 0 Å². The first kappa shape index (κ1) is 18.8. The van der Waals surface area contributed by atoms with Gasteiger partial charge in [-0.2, -0.15) is 0 Å². The van der Waals surface area contributed by atoms with Gasteiger partial charge in [-0.15, -0.1) is 0 Å². The van der Waals surface area contributed by atoms with Crippen molar-refractivity contribution in [2.75, 3.05) is 6.54 Å².